The van der Waals surface area contributed by atoms with E-state index in [9.17, 15) is 14.9 Å². The molecule has 1 atom stereocenters. The van der Waals surface area contributed by atoms with E-state index in [-0.39, 0.29) is 28.1 Å². The summed E-state index contributed by atoms with van der Waals surface area (Å²) in [4.78, 5) is 27.6. The lowest BCUT2D eigenvalue weighted by Gasteiger charge is -2.36. The Bertz CT molecular complexity index is 1230. The van der Waals surface area contributed by atoms with Crippen LogP contribution in [-0.4, -0.2) is 33.3 Å². The maximum atomic E-state index is 13.1. The molecule has 0 aliphatic carbocycles. The van der Waals surface area contributed by atoms with Crippen molar-refractivity contribution in [2.45, 2.75) is 32.1 Å². The molecule has 0 fully saturated rings. The van der Waals surface area contributed by atoms with Crippen LogP contribution in [0.1, 0.15) is 37.8 Å². The van der Waals surface area contributed by atoms with E-state index < -0.39 is 17.9 Å². The molecule has 0 spiro atoms. The third-order valence-electron chi connectivity index (χ3n) is 5.92. The number of hydrogen-bond donors (Lipinski definition) is 1. The largest absolute Gasteiger partial charge is 0.497 e. The van der Waals surface area contributed by atoms with Crippen molar-refractivity contribution in [2.75, 3.05) is 26.2 Å². The molecule has 182 valence electrons. The van der Waals surface area contributed by atoms with Gasteiger partial charge in [-0.15, -0.1) is 0 Å². The zero-order chi connectivity index (χ0) is 25.9. The van der Waals surface area contributed by atoms with Gasteiger partial charge in [0.15, 0.2) is 0 Å². The van der Waals surface area contributed by atoms with Gasteiger partial charge >= 0.3 is 11.9 Å². The first-order valence-electron chi connectivity index (χ1n) is 10.9. The Morgan fingerprint density at radius 1 is 0.943 bits per heavy atom. The van der Waals surface area contributed by atoms with Gasteiger partial charge in [0.2, 0.25) is 0 Å². The minimum Gasteiger partial charge on any atom is -0.497 e. The molecule has 0 aromatic heterocycles. The van der Waals surface area contributed by atoms with Gasteiger partial charge in [0.1, 0.15) is 17.3 Å². The number of anilines is 1. The zero-order valence-corrected chi connectivity index (χ0v) is 20.7. The molecule has 0 saturated heterocycles. The molecule has 2 aromatic rings. The summed E-state index contributed by atoms with van der Waals surface area (Å²) >= 11 is 0. The molecular weight excluding hydrogens is 446 g/mol. The zero-order valence-electron chi connectivity index (χ0n) is 20.7. The minimum atomic E-state index is -0.926. The number of carbonyl (C=O) groups is 2. The average Bonchev–Trinajstić information content (AvgIpc) is 2.86. The highest BCUT2D eigenvalue weighted by Crippen LogP contribution is 2.43. The molecule has 1 heterocycles. The van der Waals surface area contributed by atoms with Gasteiger partial charge in [0.05, 0.1) is 44.5 Å². The molecule has 3 rings (SSSR count). The fraction of sp³-hybridized carbons (Fsp3) is 0.296. The van der Waals surface area contributed by atoms with Crippen LogP contribution >= 0.6 is 0 Å². The molecule has 35 heavy (non-hydrogen) atoms. The Morgan fingerprint density at radius 2 is 1.51 bits per heavy atom. The summed E-state index contributed by atoms with van der Waals surface area (Å²) in [7, 11) is 3.96. The number of ether oxygens (including phenoxy) is 3. The number of esters is 2. The normalized spacial score (nSPS) is 16.0. The van der Waals surface area contributed by atoms with Crippen molar-refractivity contribution in [3.63, 3.8) is 0 Å². The number of allylic oxidation sites excluding steroid dienone is 1. The summed E-state index contributed by atoms with van der Waals surface area (Å²) in [5.41, 5.74) is 8.50. The lowest BCUT2D eigenvalue weighted by Crippen LogP contribution is -2.40. The van der Waals surface area contributed by atoms with E-state index in [0.717, 1.165) is 5.56 Å². The quantitative estimate of drug-likeness (QED) is 0.648. The first-order valence-corrected chi connectivity index (χ1v) is 10.9. The van der Waals surface area contributed by atoms with Crippen molar-refractivity contribution in [1.29, 1.82) is 5.26 Å². The third kappa shape index (κ3) is 4.71. The summed E-state index contributed by atoms with van der Waals surface area (Å²) in [5, 5.41) is 10.2. The number of nitrogens with zero attached hydrogens (tertiary/aromatic N) is 2. The summed E-state index contributed by atoms with van der Waals surface area (Å²) < 4.78 is 15.3. The summed E-state index contributed by atoms with van der Waals surface area (Å²) in [5.74, 6) is -1.89. The van der Waals surface area contributed by atoms with Crippen LogP contribution < -0.4 is 15.4 Å². The fourth-order valence-corrected chi connectivity index (χ4v) is 4.04. The van der Waals surface area contributed by atoms with Crippen molar-refractivity contribution in [3.05, 3.63) is 82.3 Å². The van der Waals surface area contributed by atoms with E-state index in [4.69, 9.17) is 19.9 Å². The molecule has 2 aromatic carbocycles. The Labute approximate surface area is 205 Å². The van der Waals surface area contributed by atoms with E-state index in [2.05, 4.69) is 26.8 Å². The highest BCUT2D eigenvalue weighted by molar-refractivity contribution is 6.06. The second-order valence-electron chi connectivity index (χ2n) is 8.99. The number of nitriles is 1. The van der Waals surface area contributed by atoms with E-state index in [1.807, 2.05) is 24.3 Å². The Hall–Kier alpha value is -4.25. The van der Waals surface area contributed by atoms with Crippen LogP contribution in [0.4, 0.5) is 5.69 Å². The maximum Gasteiger partial charge on any atom is 0.355 e. The standard InChI is InChI=1S/C27H29N3O5/c1-27(2,3)17-9-7-16(8-10-17)21-20(15-28)24(29)30(18-11-13-19(33-4)14-12-18)23(26(32)35-6)22(21)25(31)34-5/h7-14,21H,29H2,1-6H3. The van der Waals surface area contributed by atoms with E-state index >= 15 is 0 Å². The topological polar surface area (TPSA) is 115 Å². The van der Waals surface area contributed by atoms with Crippen LogP contribution in [0.3, 0.4) is 0 Å². The SMILES string of the molecule is COC(=O)C1=C(C(=O)OC)N(c2ccc(OC)cc2)C(N)=C(C#N)C1c1ccc(C(C)(C)C)cc1. The molecule has 1 aliphatic rings. The van der Waals surface area contributed by atoms with Gasteiger partial charge in [-0.1, -0.05) is 45.0 Å². The van der Waals surface area contributed by atoms with Gasteiger partial charge in [-0.3, -0.25) is 4.90 Å². The summed E-state index contributed by atoms with van der Waals surface area (Å²) in [6.45, 7) is 6.26. The molecule has 1 unspecified atom stereocenters. The molecule has 8 heteroatoms. The first-order chi connectivity index (χ1) is 16.6. The van der Waals surface area contributed by atoms with Crippen molar-refractivity contribution in [1.82, 2.24) is 0 Å². The molecular formula is C27H29N3O5. The van der Waals surface area contributed by atoms with E-state index in [0.29, 0.717) is 17.0 Å². The first kappa shape index (κ1) is 25.4. The monoisotopic (exact) mass is 475 g/mol. The molecule has 0 radical (unpaired) electrons. The molecule has 1 aliphatic heterocycles. The van der Waals surface area contributed by atoms with Crippen molar-refractivity contribution in [3.8, 4) is 11.8 Å². The van der Waals surface area contributed by atoms with Crippen LogP contribution in [0.25, 0.3) is 0 Å². The fourth-order valence-electron chi connectivity index (χ4n) is 4.04. The van der Waals surface area contributed by atoms with Gasteiger partial charge in [0, 0.05) is 5.69 Å². The number of benzene rings is 2. The predicted molar refractivity (Wildman–Crippen MR) is 131 cm³/mol. The van der Waals surface area contributed by atoms with Gasteiger partial charge in [0.25, 0.3) is 0 Å². The molecule has 0 bridgehead atoms. The smallest absolute Gasteiger partial charge is 0.355 e. The minimum absolute atomic E-state index is 0.00983. The summed E-state index contributed by atoms with van der Waals surface area (Å²) in [6, 6.07) is 16.4. The van der Waals surface area contributed by atoms with Gasteiger partial charge in [-0.05, 0) is 40.8 Å². The Morgan fingerprint density at radius 3 is 1.97 bits per heavy atom. The lowest BCUT2D eigenvalue weighted by molar-refractivity contribution is -0.139. The lowest BCUT2D eigenvalue weighted by atomic mass is 9.79. The molecule has 0 saturated carbocycles. The molecule has 8 nitrogen and oxygen atoms in total. The van der Waals surface area contributed by atoms with Crippen LogP contribution in [-0.2, 0) is 24.5 Å². The maximum absolute atomic E-state index is 13.1. The number of methoxy groups -OCH3 is 3. The van der Waals surface area contributed by atoms with Gasteiger partial charge in [-0.25, -0.2) is 9.59 Å². The van der Waals surface area contributed by atoms with Crippen molar-refractivity contribution >= 4 is 17.6 Å². The van der Waals surface area contributed by atoms with E-state index in [1.165, 1.54) is 26.2 Å². The van der Waals surface area contributed by atoms with Gasteiger partial charge < -0.3 is 19.9 Å². The number of nitrogens with two attached hydrogens (primary N) is 1. The van der Waals surface area contributed by atoms with Crippen LogP contribution in [0.5, 0.6) is 5.75 Å². The highest BCUT2D eigenvalue weighted by atomic mass is 16.5. The molecule has 2 N–H and O–H groups in total. The third-order valence-corrected chi connectivity index (χ3v) is 5.92. The second-order valence-corrected chi connectivity index (χ2v) is 8.99. The number of hydrogen-bond acceptors (Lipinski definition) is 8. The number of rotatable bonds is 5. The second kappa shape index (κ2) is 9.94. The van der Waals surface area contributed by atoms with Gasteiger partial charge in [-0.2, -0.15) is 5.26 Å². The Kier molecular flexibility index (Phi) is 7.20. The van der Waals surface area contributed by atoms with E-state index in [1.54, 1.807) is 24.3 Å². The summed E-state index contributed by atoms with van der Waals surface area (Å²) in [6.07, 6.45) is 0. The molecule has 0 amide bonds. The van der Waals surface area contributed by atoms with Crippen molar-refractivity contribution < 1.29 is 23.8 Å². The van der Waals surface area contributed by atoms with Crippen LogP contribution in [0.2, 0.25) is 0 Å². The number of carbonyl (C=O) groups excluding carboxylic acids is 2. The predicted octanol–water partition coefficient (Wildman–Crippen LogP) is 3.89. The van der Waals surface area contributed by atoms with Crippen molar-refractivity contribution in [2.24, 2.45) is 5.73 Å². The average molecular weight is 476 g/mol. The van der Waals surface area contributed by atoms with Crippen LogP contribution in [0, 0.1) is 11.3 Å². The highest BCUT2D eigenvalue weighted by Gasteiger charge is 2.43. The Balaban J connectivity index is 2.34. The van der Waals surface area contributed by atoms with Crippen LogP contribution in [0.15, 0.2) is 71.2 Å².